The summed E-state index contributed by atoms with van der Waals surface area (Å²) in [5.41, 5.74) is 4.58. The lowest BCUT2D eigenvalue weighted by atomic mass is 9.91. The van der Waals surface area contributed by atoms with E-state index in [2.05, 4.69) is 33.9 Å². The molecule has 0 fully saturated rings. The summed E-state index contributed by atoms with van der Waals surface area (Å²) < 4.78 is 1.00. The van der Waals surface area contributed by atoms with Crippen molar-refractivity contribution in [2.24, 2.45) is 0 Å². The van der Waals surface area contributed by atoms with E-state index >= 15 is 0 Å². The summed E-state index contributed by atoms with van der Waals surface area (Å²) >= 11 is 16.3. The van der Waals surface area contributed by atoms with Gasteiger partial charge in [-0.3, -0.25) is 4.98 Å². The van der Waals surface area contributed by atoms with E-state index in [0.29, 0.717) is 5.92 Å². The molecular weight excluding hydrogens is 357 g/mol. The normalized spacial score (nSPS) is 21.0. The van der Waals surface area contributed by atoms with Crippen molar-refractivity contribution in [3.8, 4) is 0 Å². The molecule has 0 saturated carbocycles. The van der Waals surface area contributed by atoms with Gasteiger partial charge in [0.05, 0.1) is 5.69 Å². The van der Waals surface area contributed by atoms with Crippen LogP contribution in [0.1, 0.15) is 47.0 Å². The fourth-order valence-electron chi connectivity index (χ4n) is 2.89. The first-order valence-corrected chi connectivity index (χ1v) is 8.28. The molecule has 0 spiro atoms. The van der Waals surface area contributed by atoms with Crippen LogP contribution in [-0.4, -0.2) is 4.98 Å². The third-order valence-corrected chi connectivity index (χ3v) is 5.04. The first kappa shape index (κ1) is 14.4. The number of fused-ring (bicyclic) bond motifs is 2. The van der Waals surface area contributed by atoms with Gasteiger partial charge in [0, 0.05) is 15.7 Å². The number of alkyl halides is 1. The van der Waals surface area contributed by atoms with Gasteiger partial charge >= 0.3 is 0 Å². The van der Waals surface area contributed by atoms with Crippen molar-refractivity contribution >= 4 is 39.1 Å². The van der Waals surface area contributed by atoms with E-state index < -0.39 is 0 Å². The van der Waals surface area contributed by atoms with Crippen LogP contribution >= 0.6 is 39.1 Å². The van der Waals surface area contributed by atoms with E-state index in [9.17, 15) is 0 Å². The molecule has 0 amide bonds. The highest BCUT2D eigenvalue weighted by Gasteiger charge is 2.28. The Bertz CT molecular complexity index is 657. The number of halogens is 3. The highest BCUT2D eigenvalue weighted by atomic mass is 79.9. The lowest BCUT2D eigenvalue weighted by Gasteiger charge is -2.16. The van der Waals surface area contributed by atoms with Crippen LogP contribution in [0.4, 0.5) is 0 Å². The number of nitrogens with zero attached hydrogens (tertiary/aromatic N) is 1. The molecule has 20 heavy (non-hydrogen) atoms. The van der Waals surface area contributed by atoms with E-state index in [0.717, 1.165) is 33.6 Å². The van der Waals surface area contributed by atoms with Gasteiger partial charge in [0.2, 0.25) is 0 Å². The SMILES string of the molecule is CCC1Cc2cc(Cl)ccc2C(Cl)c2ncc(Br)cc21. The van der Waals surface area contributed by atoms with Gasteiger partial charge in [-0.25, -0.2) is 0 Å². The molecule has 1 heterocycles. The van der Waals surface area contributed by atoms with Gasteiger partial charge in [0.15, 0.2) is 0 Å². The molecule has 0 radical (unpaired) electrons. The number of benzene rings is 1. The van der Waals surface area contributed by atoms with Gasteiger partial charge in [-0.05, 0) is 69.6 Å². The van der Waals surface area contributed by atoms with E-state index in [4.69, 9.17) is 23.2 Å². The second kappa shape index (κ2) is 5.67. The first-order chi connectivity index (χ1) is 9.60. The Morgan fingerprint density at radius 2 is 2.10 bits per heavy atom. The van der Waals surface area contributed by atoms with Crippen molar-refractivity contribution in [3.05, 3.63) is 62.3 Å². The third kappa shape index (κ3) is 2.49. The standard InChI is InChI=1S/C16H14BrCl2N/c1-2-9-5-10-6-12(18)3-4-13(10)15(19)16-14(9)7-11(17)8-20-16/h3-4,6-9,15H,2,5H2,1H3. The molecule has 1 aliphatic rings. The predicted octanol–water partition coefficient (Wildman–Crippen LogP) is 5.88. The summed E-state index contributed by atoms with van der Waals surface area (Å²) in [4.78, 5) is 4.57. The molecule has 2 aromatic rings. The summed E-state index contributed by atoms with van der Waals surface area (Å²) in [5, 5.41) is 0.560. The van der Waals surface area contributed by atoms with Crippen molar-refractivity contribution in [1.82, 2.24) is 4.98 Å². The second-order valence-corrected chi connectivity index (χ2v) is 6.93. The van der Waals surface area contributed by atoms with Gasteiger partial charge in [-0.15, -0.1) is 11.6 Å². The van der Waals surface area contributed by atoms with Gasteiger partial charge in [0.1, 0.15) is 5.38 Å². The third-order valence-electron chi connectivity index (χ3n) is 3.93. The molecule has 1 aromatic heterocycles. The molecule has 2 atom stereocenters. The zero-order chi connectivity index (χ0) is 14.3. The van der Waals surface area contributed by atoms with Gasteiger partial charge in [-0.1, -0.05) is 24.6 Å². The van der Waals surface area contributed by atoms with Crippen LogP contribution in [0.25, 0.3) is 0 Å². The van der Waals surface area contributed by atoms with Crippen LogP contribution in [0.3, 0.4) is 0 Å². The molecule has 0 bridgehead atoms. The Balaban J connectivity index is 2.21. The lowest BCUT2D eigenvalue weighted by Crippen LogP contribution is -2.04. The number of aromatic nitrogens is 1. The van der Waals surface area contributed by atoms with E-state index in [-0.39, 0.29) is 5.38 Å². The summed E-state index contributed by atoms with van der Waals surface area (Å²) in [6.45, 7) is 2.20. The maximum Gasteiger partial charge on any atom is 0.101 e. The Kier molecular flexibility index (Phi) is 4.07. The maximum absolute atomic E-state index is 6.69. The van der Waals surface area contributed by atoms with E-state index in [1.807, 2.05) is 24.4 Å². The summed E-state index contributed by atoms with van der Waals surface area (Å²) in [5.74, 6) is 0.427. The first-order valence-electron chi connectivity index (χ1n) is 6.68. The van der Waals surface area contributed by atoms with Gasteiger partial charge in [0.25, 0.3) is 0 Å². The maximum atomic E-state index is 6.69. The molecule has 0 aliphatic heterocycles. The Hall–Kier alpha value is -0.570. The van der Waals surface area contributed by atoms with Crippen LogP contribution in [0.2, 0.25) is 5.02 Å². The molecule has 2 unspecified atom stereocenters. The molecule has 3 rings (SSSR count). The number of rotatable bonds is 1. The molecule has 1 nitrogen and oxygen atoms in total. The van der Waals surface area contributed by atoms with Crippen molar-refractivity contribution in [1.29, 1.82) is 0 Å². The minimum Gasteiger partial charge on any atom is -0.258 e. The largest absolute Gasteiger partial charge is 0.258 e. The molecule has 4 heteroatoms. The molecular formula is C16H14BrCl2N. The van der Waals surface area contributed by atoms with Crippen LogP contribution in [0.5, 0.6) is 0 Å². The zero-order valence-corrected chi connectivity index (χ0v) is 14.1. The van der Waals surface area contributed by atoms with Gasteiger partial charge < -0.3 is 0 Å². The Morgan fingerprint density at radius 1 is 1.30 bits per heavy atom. The quantitative estimate of drug-likeness (QED) is 0.571. The molecule has 1 aromatic carbocycles. The average molecular weight is 371 g/mol. The monoisotopic (exact) mass is 369 g/mol. The van der Waals surface area contributed by atoms with Crippen LogP contribution in [-0.2, 0) is 6.42 Å². The molecule has 0 N–H and O–H groups in total. The lowest BCUT2D eigenvalue weighted by molar-refractivity contribution is 0.657. The molecule has 104 valence electrons. The van der Waals surface area contributed by atoms with Crippen molar-refractivity contribution < 1.29 is 0 Å². The van der Waals surface area contributed by atoms with Gasteiger partial charge in [-0.2, -0.15) is 0 Å². The molecule has 0 saturated heterocycles. The minimum absolute atomic E-state index is 0.207. The zero-order valence-electron chi connectivity index (χ0n) is 11.0. The predicted molar refractivity (Wildman–Crippen MR) is 87.8 cm³/mol. The summed E-state index contributed by atoms with van der Waals surface area (Å²) in [7, 11) is 0. The van der Waals surface area contributed by atoms with E-state index in [1.165, 1.54) is 11.1 Å². The number of pyridine rings is 1. The minimum atomic E-state index is -0.207. The van der Waals surface area contributed by atoms with Crippen LogP contribution < -0.4 is 0 Å². The Labute approximate surface area is 137 Å². The van der Waals surface area contributed by atoms with E-state index in [1.54, 1.807) is 0 Å². The molecule has 1 aliphatic carbocycles. The Morgan fingerprint density at radius 3 is 2.85 bits per heavy atom. The average Bonchev–Trinajstić information content (AvgIpc) is 2.54. The second-order valence-electron chi connectivity index (χ2n) is 5.14. The topological polar surface area (TPSA) is 12.9 Å². The number of hydrogen-bond acceptors (Lipinski definition) is 1. The van der Waals surface area contributed by atoms with Crippen molar-refractivity contribution in [2.45, 2.75) is 31.1 Å². The fourth-order valence-corrected chi connectivity index (χ4v) is 3.83. The summed E-state index contributed by atoms with van der Waals surface area (Å²) in [6, 6.07) is 8.12. The number of hydrogen-bond donors (Lipinski definition) is 0. The van der Waals surface area contributed by atoms with Crippen molar-refractivity contribution in [2.75, 3.05) is 0 Å². The summed E-state index contributed by atoms with van der Waals surface area (Å²) in [6.07, 6.45) is 3.84. The smallest absolute Gasteiger partial charge is 0.101 e. The highest BCUT2D eigenvalue weighted by molar-refractivity contribution is 9.10. The highest BCUT2D eigenvalue weighted by Crippen LogP contribution is 2.42. The van der Waals surface area contributed by atoms with Crippen molar-refractivity contribution in [3.63, 3.8) is 0 Å². The van der Waals surface area contributed by atoms with Crippen LogP contribution in [0, 0.1) is 0 Å². The fraction of sp³-hybridized carbons (Fsp3) is 0.312. The van der Waals surface area contributed by atoms with Crippen LogP contribution in [0.15, 0.2) is 34.9 Å².